The molecule has 0 unspecified atom stereocenters. The summed E-state index contributed by atoms with van der Waals surface area (Å²) >= 11 is 0. The number of piperazine rings is 1. The van der Waals surface area contributed by atoms with E-state index in [4.69, 9.17) is 0 Å². The highest BCUT2D eigenvalue weighted by atomic mass is 19.1. The largest absolute Gasteiger partial charge is 0.336 e. The van der Waals surface area contributed by atoms with Crippen LogP contribution in [0.4, 0.5) is 4.39 Å². The molecule has 1 N–H and O–H groups in total. The summed E-state index contributed by atoms with van der Waals surface area (Å²) in [6, 6.07) is 5.92. The molecule has 2 fully saturated rings. The van der Waals surface area contributed by atoms with E-state index < -0.39 is 0 Å². The molecule has 3 rings (SSSR count). The number of amides is 1. The predicted octanol–water partition coefficient (Wildman–Crippen LogP) is 1.40. The molecule has 17 heavy (non-hydrogen) atoms. The zero-order chi connectivity index (χ0) is 11.9. The Bertz CT molecular complexity index is 456. The van der Waals surface area contributed by atoms with Crippen LogP contribution in [0.25, 0.3) is 0 Å². The molecule has 1 saturated heterocycles. The van der Waals surface area contributed by atoms with Gasteiger partial charge in [-0.2, -0.15) is 0 Å². The zero-order valence-corrected chi connectivity index (χ0v) is 9.58. The van der Waals surface area contributed by atoms with Crippen LogP contribution >= 0.6 is 0 Å². The van der Waals surface area contributed by atoms with Gasteiger partial charge in [-0.05, 0) is 31.0 Å². The third-order valence-corrected chi connectivity index (χ3v) is 3.59. The second-order valence-corrected chi connectivity index (χ2v) is 4.94. The van der Waals surface area contributed by atoms with Crippen molar-refractivity contribution in [2.45, 2.75) is 18.4 Å². The lowest BCUT2D eigenvalue weighted by Crippen LogP contribution is -2.54. The molecule has 0 bridgehead atoms. The summed E-state index contributed by atoms with van der Waals surface area (Å²) in [4.78, 5) is 14.0. The molecule has 1 amide bonds. The molecule has 1 spiro atoms. The lowest BCUT2D eigenvalue weighted by molar-refractivity contribution is 0.0691. The summed E-state index contributed by atoms with van der Waals surface area (Å²) in [6.07, 6.45) is 2.28. The highest BCUT2D eigenvalue weighted by molar-refractivity contribution is 5.94. The van der Waals surface area contributed by atoms with Gasteiger partial charge in [-0.15, -0.1) is 0 Å². The Morgan fingerprint density at radius 1 is 1.41 bits per heavy atom. The number of hydrogen-bond acceptors (Lipinski definition) is 2. The van der Waals surface area contributed by atoms with E-state index in [1.165, 1.54) is 12.1 Å². The van der Waals surface area contributed by atoms with Crippen molar-refractivity contribution in [3.63, 3.8) is 0 Å². The number of benzene rings is 1. The van der Waals surface area contributed by atoms with E-state index in [1.54, 1.807) is 12.1 Å². The van der Waals surface area contributed by atoms with Crippen molar-refractivity contribution < 1.29 is 9.18 Å². The average Bonchev–Trinajstić information content (AvgIpc) is 3.07. The SMILES string of the molecule is O=C(c1cccc(F)c1)N1CCNC2(CC2)C1. The first-order chi connectivity index (χ1) is 8.19. The first kappa shape index (κ1) is 10.7. The van der Waals surface area contributed by atoms with Crippen LogP contribution in [0.5, 0.6) is 0 Å². The maximum atomic E-state index is 13.1. The normalized spacial score (nSPS) is 21.6. The second-order valence-electron chi connectivity index (χ2n) is 4.94. The maximum Gasteiger partial charge on any atom is 0.254 e. The molecule has 90 valence electrons. The fraction of sp³-hybridized carbons (Fsp3) is 0.462. The predicted molar refractivity (Wildman–Crippen MR) is 62.3 cm³/mol. The Balaban J connectivity index is 1.77. The van der Waals surface area contributed by atoms with Crippen LogP contribution in [0.3, 0.4) is 0 Å². The van der Waals surface area contributed by atoms with Crippen molar-refractivity contribution in [2.75, 3.05) is 19.6 Å². The Kier molecular flexibility index (Phi) is 2.40. The third-order valence-electron chi connectivity index (χ3n) is 3.59. The van der Waals surface area contributed by atoms with Crippen LogP contribution in [0.1, 0.15) is 23.2 Å². The van der Waals surface area contributed by atoms with Gasteiger partial charge in [0.05, 0.1) is 0 Å². The number of hydrogen-bond donors (Lipinski definition) is 1. The number of halogens is 1. The number of carbonyl (C=O) groups excluding carboxylic acids is 1. The molecule has 0 radical (unpaired) electrons. The van der Waals surface area contributed by atoms with E-state index in [9.17, 15) is 9.18 Å². The number of nitrogens with one attached hydrogen (secondary N) is 1. The third kappa shape index (κ3) is 2.05. The molecule has 1 saturated carbocycles. The summed E-state index contributed by atoms with van der Waals surface area (Å²) < 4.78 is 13.1. The van der Waals surface area contributed by atoms with Crippen molar-refractivity contribution in [1.29, 1.82) is 0 Å². The summed E-state index contributed by atoms with van der Waals surface area (Å²) in [6.45, 7) is 2.29. The lowest BCUT2D eigenvalue weighted by Gasteiger charge is -2.34. The summed E-state index contributed by atoms with van der Waals surface area (Å²) in [7, 11) is 0. The molecule has 1 aromatic carbocycles. The first-order valence-electron chi connectivity index (χ1n) is 5.98. The molecule has 2 aliphatic rings. The first-order valence-corrected chi connectivity index (χ1v) is 5.98. The second kappa shape index (κ2) is 3.81. The van der Waals surface area contributed by atoms with E-state index >= 15 is 0 Å². The summed E-state index contributed by atoms with van der Waals surface area (Å²) in [5.74, 6) is -0.413. The quantitative estimate of drug-likeness (QED) is 0.796. The minimum Gasteiger partial charge on any atom is -0.336 e. The van der Waals surface area contributed by atoms with E-state index in [-0.39, 0.29) is 17.3 Å². The van der Waals surface area contributed by atoms with Crippen molar-refractivity contribution in [1.82, 2.24) is 10.2 Å². The number of rotatable bonds is 1. The van der Waals surface area contributed by atoms with Gasteiger partial charge in [-0.25, -0.2) is 4.39 Å². The lowest BCUT2D eigenvalue weighted by atomic mass is 10.1. The molecular weight excluding hydrogens is 219 g/mol. The monoisotopic (exact) mass is 234 g/mol. The van der Waals surface area contributed by atoms with Crippen LogP contribution in [0.2, 0.25) is 0 Å². The van der Waals surface area contributed by atoms with Gasteiger partial charge in [-0.1, -0.05) is 6.07 Å². The minimum atomic E-state index is -0.355. The average molecular weight is 234 g/mol. The molecule has 1 aliphatic carbocycles. The smallest absolute Gasteiger partial charge is 0.254 e. The van der Waals surface area contributed by atoms with Crippen LogP contribution in [0, 0.1) is 5.82 Å². The van der Waals surface area contributed by atoms with Crippen molar-refractivity contribution in [3.8, 4) is 0 Å². The van der Waals surface area contributed by atoms with Crippen LogP contribution in [-0.4, -0.2) is 36.0 Å². The Morgan fingerprint density at radius 3 is 2.94 bits per heavy atom. The van der Waals surface area contributed by atoms with E-state index in [1.807, 2.05) is 4.90 Å². The van der Waals surface area contributed by atoms with Gasteiger partial charge in [0.25, 0.3) is 5.91 Å². The number of carbonyl (C=O) groups is 1. The minimum absolute atomic E-state index is 0.0581. The van der Waals surface area contributed by atoms with Crippen molar-refractivity contribution in [2.24, 2.45) is 0 Å². The molecule has 0 atom stereocenters. The van der Waals surface area contributed by atoms with Crippen LogP contribution < -0.4 is 5.32 Å². The van der Waals surface area contributed by atoms with Crippen LogP contribution in [0.15, 0.2) is 24.3 Å². The molecule has 3 nitrogen and oxygen atoms in total. The maximum absolute atomic E-state index is 13.1. The van der Waals surface area contributed by atoms with Gasteiger partial charge in [0.2, 0.25) is 0 Å². The van der Waals surface area contributed by atoms with Gasteiger partial charge < -0.3 is 10.2 Å². The molecule has 1 heterocycles. The fourth-order valence-corrected chi connectivity index (χ4v) is 2.42. The van der Waals surface area contributed by atoms with Gasteiger partial charge in [0, 0.05) is 30.7 Å². The Hall–Kier alpha value is -1.42. The molecule has 1 aliphatic heterocycles. The summed E-state index contributed by atoms with van der Waals surface area (Å²) in [5, 5.41) is 3.45. The van der Waals surface area contributed by atoms with Crippen molar-refractivity contribution >= 4 is 5.91 Å². The van der Waals surface area contributed by atoms with Crippen LogP contribution in [-0.2, 0) is 0 Å². The van der Waals surface area contributed by atoms with E-state index in [0.717, 1.165) is 25.9 Å². The Morgan fingerprint density at radius 2 is 2.24 bits per heavy atom. The molecular formula is C13H15FN2O. The number of nitrogens with zero attached hydrogens (tertiary/aromatic N) is 1. The van der Waals surface area contributed by atoms with Gasteiger partial charge in [-0.3, -0.25) is 4.79 Å². The van der Waals surface area contributed by atoms with E-state index in [2.05, 4.69) is 5.32 Å². The standard InChI is InChI=1S/C13H15FN2O/c14-11-3-1-2-10(8-11)12(17)16-7-6-15-13(9-16)4-5-13/h1-3,8,15H,4-7,9H2. The van der Waals surface area contributed by atoms with E-state index in [0.29, 0.717) is 12.1 Å². The molecule has 0 aromatic heterocycles. The Labute approximate surface area is 99.6 Å². The van der Waals surface area contributed by atoms with Gasteiger partial charge in [0.15, 0.2) is 0 Å². The topological polar surface area (TPSA) is 32.3 Å². The highest BCUT2D eigenvalue weighted by Crippen LogP contribution is 2.37. The van der Waals surface area contributed by atoms with Crippen molar-refractivity contribution in [3.05, 3.63) is 35.6 Å². The highest BCUT2D eigenvalue weighted by Gasteiger charge is 2.46. The molecule has 1 aromatic rings. The zero-order valence-electron chi connectivity index (χ0n) is 9.58. The summed E-state index contributed by atoms with van der Waals surface area (Å²) in [5.41, 5.74) is 0.615. The molecule has 4 heteroatoms. The fourth-order valence-electron chi connectivity index (χ4n) is 2.42. The van der Waals surface area contributed by atoms with Gasteiger partial charge in [0.1, 0.15) is 5.82 Å². The van der Waals surface area contributed by atoms with Gasteiger partial charge >= 0.3 is 0 Å².